The van der Waals surface area contributed by atoms with Crippen LogP contribution in [-0.4, -0.2) is 86.8 Å². The summed E-state index contributed by atoms with van der Waals surface area (Å²) in [7, 11) is -13.1. The molecule has 73 heavy (non-hydrogen) atoms. The second-order valence-corrected chi connectivity index (χ2v) is 23.2. The number of carbonyl (C=O) groups is 3. The van der Waals surface area contributed by atoms with Crippen molar-refractivity contribution in [1.29, 1.82) is 0 Å². The number of phenols is 1. The largest absolute Gasteiger partial charge is 1.00 e. The number of unbranched alkanes of at least 4 members (excludes halogenated alkanes) is 15. The van der Waals surface area contributed by atoms with Crippen LogP contribution < -0.4 is 74.5 Å². The number of azo groups is 1. The van der Waals surface area contributed by atoms with Crippen molar-refractivity contribution < 1.29 is 118 Å². The summed E-state index contributed by atoms with van der Waals surface area (Å²) in [6.45, 7) is 6.40. The molecule has 0 spiro atoms. The van der Waals surface area contributed by atoms with Crippen molar-refractivity contribution in [2.75, 3.05) is 30.0 Å². The first-order valence-corrected chi connectivity index (χ1v) is 28.4. The number of ether oxygens (including phenoxy) is 1. The van der Waals surface area contributed by atoms with Gasteiger partial charge in [0.05, 0.1) is 26.9 Å². The first-order valence-electron chi connectivity index (χ1n) is 24.0. The molecule has 4 rings (SSSR count). The zero-order valence-electron chi connectivity index (χ0n) is 43.1. The summed E-state index contributed by atoms with van der Waals surface area (Å²) >= 11 is 0. The van der Waals surface area contributed by atoms with Gasteiger partial charge in [-0.1, -0.05) is 135 Å². The van der Waals surface area contributed by atoms with Gasteiger partial charge < -0.3 is 29.6 Å². The fraction of sp³-hybridized carbons (Fsp3) is 0.500. The van der Waals surface area contributed by atoms with E-state index < -0.39 is 97.4 Å². The maximum absolute atomic E-state index is 14.3. The van der Waals surface area contributed by atoms with E-state index in [2.05, 4.69) is 27.8 Å². The standard InChI is InChI=1S/C50H69N5O13S3.2Na/c1-6-7-8-9-10-11-12-13-14-15-16-17-18-19-20-24-31-55(5)69(60,61)35-50(3,4)48(58)47(49(59)52-38-25-22-21-23-26-38)68-40-29-27-39(28-30-40)53-54-45-43(71(65,66)67)33-37-32-41(70(62,63)64)34-42(51-36(2)56)44(37)46(45)57;;/h21-23,25-30,32-34,47,57H,6-20,24,31,35H2,1-5H3,(H,51,56)(H,52,59)(H,62,63,64)(H,65,66,67);;/q;2*+1/p-2. The van der Waals surface area contributed by atoms with Gasteiger partial charge in [0.2, 0.25) is 22.0 Å². The van der Waals surface area contributed by atoms with Crippen molar-refractivity contribution in [3.05, 3.63) is 72.8 Å². The fourth-order valence-corrected chi connectivity index (χ4v) is 10.8. The molecule has 390 valence electrons. The van der Waals surface area contributed by atoms with E-state index in [1.165, 1.54) is 120 Å². The van der Waals surface area contributed by atoms with Crippen LogP contribution in [0.3, 0.4) is 0 Å². The van der Waals surface area contributed by atoms with Crippen LogP contribution in [0.4, 0.5) is 22.7 Å². The summed E-state index contributed by atoms with van der Waals surface area (Å²) in [5.74, 6) is -4.12. The normalized spacial score (nSPS) is 12.5. The molecule has 0 aliphatic rings. The minimum atomic E-state index is -5.45. The Labute approximate surface area is 475 Å². The summed E-state index contributed by atoms with van der Waals surface area (Å²) in [5.41, 5.74) is -2.60. The van der Waals surface area contributed by atoms with Crippen molar-refractivity contribution in [3.63, 3.8) is 0 Å². The Morgan fingerprint density at radius 3 is 1.73 bits per heavy atom. The third-order valence-electron chi connectivity index (χ3n) is 11.9. The molecule has 0 heterocycles. The number of sulfonamides is 1. The number of Topliss-reactive ketones (excluding diaryl/α,β-unsaturated/α-hetero) is 1. The quantitative estimate of drug-likeness (QED) is 0.0209. The molecule has 0 aliphatic carbocycles. The summed E-state index contributed by atoms with van der Waals surface area (Å²) in [6.07, 6.45) is 17.2. The minimum absolute atomic E-state index is 0. The van der Waals surface area contributed by atoms with Gasteiger partial charge in [-0.05, 0) is 66.4 Å². The predicted octanol–water partition coefficient (Wildman–Crippen LogP) is 4.24. The van der Waals surface area contributed by atoms with Gasteiger partial charge in [0.25, 0.3) is 5.91 Å². The Morgan fingerprint density at radius 1 is 0.712 bits per heavy atom. The molecule has 0 bridgehead atoms. The molecule has 3 N–H and O–H groups in total. The molecule has 0 saturated heterocycles. The SMILES string of the molecule is CCCCCCCCCCCCCCCCCCN(C)S(=O)(=O)CC(C)(C)C(=O)C(Oc1ccc(N=Nc2c(S(=O)(=O)[O-])cc3cc(S(=O)(=O)[O-])cc(NC(C)=O)c3c2O)cc1)C(=O)Nc1ccccc1.[Na+].[Na+]. The molecular formula is C50H67N5Na2O13S3. The Bertz CT molecular complexity index is 2820. The molecule has 0 fully saturated rings. The first kappa shape index (κ1) is 65.8. The van der Waals surface area contributed by atoms with E-state index in [-0.39, 0.29) is 82.5 Å². The van der Waals surface area contributed by atoms with Gasteiger partial charge in [0.1, 0.15) is 31.7 Å². The van der Waals surface area contributed by atoms with Crippen LogP contribution in [0, 0.1) is 5.41 Å². The number of fused-ring (bicyclic) bond motifs is 1. The molecule has 2 amide bonds. The molecule has 4 aromatic rings. The van der Waals surface area contributed by atoms with Crippen LogP contribution >= 0.6 is 0 Å². The smallest absolute Gasteiger partial charge is 0.744 e. The number of rotatable bonds is 31. The van der Waals surface area contributed by atoms with Crippen molar-refractivity contribution in [3.8, 4) is 11.5 Å². The van der Waals surface area contributed by atoms with Gasteiger partial charge in [-0.3, -0.25) is 14.4 Å². The molecule has 23 heteroatoms. The number of carbonyl (C=O) groups excluding carboxylic acids is 3. The molecule has 0 saturated carbocycles. The molecule has 0 aliphatic heterocycles. The van der Waals surface area contributed by atoms with Crippen molar-refractivity contribution in [2.45, 2.75) is 146 Å². The summed E-state index contributed by atoms with van der Waals surface area (Å²) < 4.78 is 107. The van der Waals surface area contributed by atoms with Gasteiger partial charge in [0, 0.05) is 37.0 Å². The Hall–Kier alpha value is -3.32. The van der Waals surface area contributed by atoms with Gasteiger partial charge in [-0.2, -0.15) is 5.11 Å². The first-order chi connectivity index (χ1) is 33.4. The Kier molecular flexibility index (Phi) is 28.0. The predicted molar refractivity (Wildman–Crippen MR) is 271 cm³/mol. The second kappa shape index (κ2) is 31.0. The zero-order valence-corrected chi connectivity index (χ0v) is 49.6. The van der Waals surface area contributed by atoms with Gasteiger partial charge in [0.15, 0.2) is 11.5 Å². The maximum atomic E-state index is 14.3. The monoisotopic (exact) mass is 1090 g/mol. The molecule has 1 atom stereocenters. The van der Waals surface area contributed by atoms with E-state index in [1.54, 1.807) is 30.3 Å². The van der Waals surface area contributed by atoms with E-state index in [0.29, 0.717) is 18.2 Å². The minimum Gasteiger partial charge on any atom is -0.744 e. The van der Waals surface area contributed by atoms with Crippen molar-refractivity contribution in [2.24, 2.45) is 15.6 Å². The molecule has 0 radical (unpaired) electrons. The van der Waals surface area contributed by atoms with Crippen LogP contribution in [-0.2, 0) is 44.6 Å². The zero-order chi connectivity index (χ0) is 52.4. The summed E-state index contributed by atoms with van der Waals surface area (Å²) in [5, 5.41) is 23.1. The fourth-order valence-electron chi connectivity index (χ4n) is 7.98. The van der Waals surface area contributed by atoms with Crippen LogP contribution in [0.5, 0.6) is 11.5 Å². The number of hydrogen-bond acceptors (Lipinski definition) is 15. The van der Waals surface area contributed by atoms with Crippen molar-refractivity contribution >= 4 is 81.4 Å². The molecule has 1 unspecified atom stereocenters. The van der Waals surface area contributed by atoms with Crippen LogP contribution in [0.1, 0.15) is 130 Å². The average molecular weight is 1090 g/mol. The third kappa shape index (κ3) is 21.3. The second-order valence-electron chi connectivity index (χ2n) is 18.4. The number of benzene rings is 4. The van der Waals surface area contributed by atoms with E-state index in [9.17, 15) is 53.8 Å². The third-order valence-corrected chi connectivity index (χ3v) is 15.8. The molecule has 18 nitrogen and oxygen atoms in total. The van der Waals surface area contributed by atoms with Crippen LogP contribution in [0.2, 0.25) is 0 Å². The number of hydrogen-bond donors (Lipinski definition) is 3. The van der Waals surface area contributed by atoms with Gasteiger partial charge >= 0.3 is 59.1 Å². The number of anilines is 2. The van der Waals surface area contributed by atoms with Crippen LogP contribution in [0.25, 0.3) is 10.8 Å². The van der Waals surface area contributed by atoms with Gasteiger partial charge in [-0.25, -0.2) is 29.6 Å². The Balaban J connectivity index is 0.00000913. The van der Waals surface area contributed by atoms with Crippen LogP contribution in [0.15, 0.2) is 92.8 Å². The number of nitrogens with zero attached hydrogens (tertiary/aromatic N) is 3. The molecular weight excluding hydrogens is 1020 g/mol. The average Bonchev–Trinajstić information content (AvgIpc) is 3.29. The summed E-state index contributed by atoms with van der Waals surface area (Å²) in [4.78, 5) is 38.0. The van der Waals surface area contributed by atoms with Crippen molar-refractivity contribution in [1.82, 2.24) is 4.31 Å². The number of amides is 2. The van der Waals surface area contributed by atoms with E-state index in [1.807, 2.05) is 0 Å². The Morgan fingerprint density at radius 2 is 1.23 bits per heavy atom. The maximum Gasteiger partial charge on any atom is 1.00 e. The molecule has 4 aromatic carbocycles. The summed E-state index contributed by atoms with van der Waals surface area (Å²) in [6, 6.07) is 15.5. The molecule has 0 aromatic heterocycles. The van der Waals surface area contributed by atoms with E-state index in [0.717, 1.165) is 44.7 Å². The number of nitrogens with one attached hydrogen (secondary N) is 2. The number of ketones is 1. The number of aromatic hydroxyl groups is 1. The topological polar surface area (TPSA) is 281 Å². The van der Waals surface area contributed by atoms with Gasteiger partial charge in [-0.15, -0.1) is 5.11 Å². The van der Waals surface area contributed by atoms with E-state index >= 15 is 0 Å². The van der Waals surface area contributed by atoms with E-state index in [4.69, 9.17) is 4.74 Å². The number of phenolic OH excluding ortho intramolecular Hbond substituents is 1. The number of para-hydroxylation sites is 1.